The molecule has 0 spiro atoms. The topological polar surface area (TPSA) is 96.5 Å². The van der Waals surface area contributed by atoms with Gasteiger partial charge in [0.2, 0.25) is 5.95 Å². The Morgan fingerprint density at radius 3 is 2.61 bits per heavy atom. The van der Waals surface area contributed by atoms with E-state index in [-0.39, 0.29) is 0 Å². The van der Waals surface area contributed by atoms with Crippen molar-refractivity contribution in [2.24, 2.45) is 0 Å². The molecular weight excluding hydrogens is 476 g/mol. The number of ether oxygens (including phenoxy) is 1. The highest BCUT2D eigenvalue weighted by molar-refractivity contribution is 5.96. The first kappa shape index (κ1) is 27.2. The van der Waals surface area contributed by atoms with Gasteiger partial charge in [-0.05, 0) is 45.3 Å². The largest absolute Gasteiger partial charge is 0.494 e. The summed E-state index contributed by atoms with van der Waals surface area (Å²) in [5.41, 5.74) is 13.1. The van der Waals surface area contributed by atoms with E-state index >= 15 is 0 Å². The van der Waals surface area contributed by atoms with Gasteiger partial charge in [0.05, 0.1) is 29.9 Å². The summed E-state index contributed by atoms with van der Waals surface area (Å²) >= 11 is 0. The molecule has 9 heteroatoms. The fourth-order valence-corrected chi connectivity index (χ4v) is 4.59. The van der Waals surface area contributed by atoms with Crippen molar-refractivity contribution in [1.82, 2.24) is 24.8 Å². The lowest BCUT2D eigenvalue weighted by atomic mass is 10.0. The van der Waals surface area contributed by atoms with Crippen LogP contribution < -0.4 is 26.0 Å². The van der Waals surface area contributed by atoms with Gasteiger partial charge in [-0.2, -0.15) is 0 Å². The maximum atomic E-state index is 6.48. The zero-order chi connectivity index (χ0) is 27.2. The summed E-state index contributed by atoms with van der Waals surface area (Å²) in [5, 5.41) is 7.78. The number of hydrogen-bond donors (Lipinski definition) is 3. The number of benzene rings is 2. The monoisotopic (exact) mass is 516 g/mol. The lowest BCUT2D eigenvalue weighted by molar-refractivity contribution is 0.413. The Bertz CT molecular complexity index is 1380. The van der Waals surface area contributed by atoms with Crippen LogP contribution in [0.3, 0.4) is 0 Å². The molecule has 2 heterocycles. The van der Waals surface area contributed by atoms with Crippen molar-refractivity contribution in [2.45, 2.75) is 19.9 Å². The van der Waals surface area contributed by atoms with Crippen LogP contribution in [0.2, 0.25) is 0 Å². The van der Waals surface area contributed by atoms with E-state index < -0.39 is 0 Å². The molecule has 0 bridgehead atoms. The molecule has 0 saturated heterocycles. The van der Waals surface area contributed by atoms with E-state index in [0.717, 1.165) is 60.8 Å². The van der Waals surface area contributed by atoms with Crippen molar-refractivity contribution in [3.8, 4) is 17.0 Å². The maximum Gasteiger partial charge on any atom is 0.227 e. The molecule has 4 rings (SSSR count). The van der Waals surface area contributed by atoms with Gasteiger partial charge < -0.3 is 35.5 Å². The van der Waals surface area contributed by atoms with Crippen LogP contribution in [0.15, 0.2) is 48.8 Å². The van der Waals surface area contributed by atoms with Crippen LogP contribution in [0.1, 0.15) is 12.5 Å². The minimum Gasteiger partial charge on any atom is -0.494 e. The molecule has 0 aliphatic heterocycles. The van der Waals surface area contributed by atoms with Crippen molar-refractivity contribution >= 4 is 33.9 Å². The number of aryl methyl sites for hydroxylation is 1. The van der Waals surface area contributed by atoms with Crippen LogP contribution in [0.5, 0.6) is 5.75 Å². The summed E-state index contributed by atoms with van der Waals surface area (Å²) in [4.78, 5) is 13.9. The highest BCUT2D eigenvalue weighted by atomic mass is 16.5. The molecule has 0 radical (unpaired) electrons. The van der Waals surface area contributed by atoms with Gasteiger partial charge >= 0.3 is 0 Å². The first-order chi connectivity index (χ1) is 18.4. The fourth-order valence-electron chi connectivity index (χ4n) is 4.59. The summed E-state index contributed by atoms with van der Waals surface area (Å²) in [6, 6.07) is 12.3. The first-order valence-corrected chi connectivity index (χ1v) is 13.0. The van der Waals surface area contributed by atoms with Crippen LogP contribution in [-0.2, 0) is 13.0 Å². The number of nitrogens with two attached hydrogens (primary N) is 1. The molecule has 0 fully saturated rings. The van der Waals surface area contributed by atoms with Crippen LogP contribution in [-0.4, -0.2) is 74.4 Å². The number of nitrogens with zero attached hydrogens (tertiary/aromatic N) is 5. The predicted octanol–water partition coefficient (Wildman–Crippen LogP) is 4.21. The molecule has 0 aliphatic carbocycles. The Kier molecular flexibility index (Phi) is 8.70. The van der Waals surface area contributed by atoms with E-state index in [4.69, 9.17) is 15.5 Å². The SMILES string of the molecule is CCc1cnc(Nc2cc(N)c(N(C)CCN(C)C)cc2OC)nc1-c1cn(CCNC)c2ccccc12. The second kappa shape index (κ2) is 12.1. The number of hydrogen-bond acceptors (Lipinski definition) is 8. The van der Waals surface area contributed by atoms with Crippen LogP contribution in [0.4, 0.5) is 23.0 Å². The van der Waals surface area contributed by atoms with Crippen molar-refractivity contribution in [2.75, 3.05) is 70.9 Å². The first-order valence-electron chi connectivity index (χ1n) is 13.0. The number of fused-ring (bicyclic) bond motifs is 1. The third-order valence-corrected chi connectivity index (χ3v) is 6.78. The summed E-state index contributed by atoms with van der Waals surface area (Å²) in [6.07, 6.45) is 4.93. The van der Waals surface area contributed by atoms with Crippen LogP contribution >= 0.6 is 0 Å². The van der Waals surface area contributed by atoms with Gasteiger partial charge in [0.1, 0.15) is 5.75 Å². The van der Waals surface area contributed by atoms with E-state index in [2.05, 4.69) is 81.5 Å². The van der Waals surface area contributed by atoms with Gasteiger partial charge in [-0.15, -0.1) is 0 Å². The van der Waals surface area contributed by atoms with E-state index in [9.17, 15) is 0 Å². The maximum absolute atomic E-state index is 6.48. The molecule has 4 N–H and O–H groups in total. The van der Waals surface area contributed by atoms with E-state index in [1.807, 2.05) is 32.4 Å². The predicted molar refractivity (Wildman–Crippen MR) is 159 cm³/mol. The molecule has 2 aromatic heterocycles. The molecule has 4 aromatic rings. The molecular formula is C29H40N8O. The van der Waals surface area contributed by atoms with Crippen molar-refractivity contribution in [1.29, 1.82) is 0 Å². The van der Waals surface area contributed by atoms with E-state index in [1.165, 1.54) is 10.9 Å². The average Bonchev–Trinajstić information content (AvgIpc) is 3.29. The summed E-state index contributed by atoms with van der Waals surface area (Å²) in [7, 11) is 9.78. The fraction of sp³-hybridized carbons (Fsp3) is 0.379. The Morgan fingerprint density at radius 1 is 1.11 bits per heavy atom. The Balaban J connectivity index is 1.70. The number of nitrogen functional groups attached to an aromatic ring is 1. The third kappa shape index (κ3) is 5.84. The second-order valence-electron chi connectivity index (χ2n) is 9.74. The number of rotatable bonds is 12. The quantitative estimate of drug-likeness (QED) is 0.241. The molecule has 0 amide bonds. The minimum absolute atomic E-state index is 0.496. The number of likely N-dealkylation sites (N-methyl/N-ethyl adjacent to an activating group) is 3. The number of methoxy groups -OCH3 is 1. The third-order valence-electron chi connectivity index (χ3n) is 6.78. The smallest absolute Gasteiger partial charge is 0.227 e. The van der Waals surface area contributed by atoms with Gasteiger partial charge in [-0.1, -0.05) is 25.1 Å². The zero-order valence-electron chi connectivity index (χ0n) is 23.4. The summed E-state index contributed by atoms with van der Waals surface area (Å²) in [6.45, 7) is 5.66. The standard InChI is InChI=1S/C29H40N8O/c1-7-20-18-32-29(33-24-16-23(30)26(17-27(24)38-6)36(5)15-14-35(3)4)34-28(20)22-19-37(13-12-31-2)25-11-9-8-10-21(22)25/h8-11,16-19,31H,7,12-15,30H2,1-6H3,(H,32,33,34). The number of anilines is 4. The van der Waals surface area contributed by atoms with Crippen LogP contribution in [0.25, 0.3) is 22.2 Å². The molecule has 0 saturated carbocycles. The highest BCUT2D eigenvalue weighted by Crippen LogP contribution is 2.37. The summed E-state index contributed by atoms with van der Waals surface area (Å²) in [5.74, 6) is 1.18. The lowest BCUT2D eigenvalue weighted by Crippen LogP contribution is -2.29. The van der Waals surface area contributed by atoms with E-state index in [0.29, 0.717) is 17.4 Å². The van der Waals surface area contributed by atoms with Crippen molar-refractivity contribution in [3.63, 3.8) is 0 Å². The number of nitrogens with one attached hydrogen (secondary N) is 2. The number of para-hydroxylation sites is 1. The minimum atomic E-state index is 0.496. The molecule has 0 atom stereocenters. The zero-order valence-corrected chi connectivity index (χ0v) is 23.4. The lowest BCUT2D eigenvalue weighted by Gasteiger charge is -2.24. The second-order valence-corrected chi connectivity index (χ2v) is 9.74. The Morgan fingerprint density at radius 2 is 1.89 bits per heavy atom. The van der Waals surface area contributed by atoms with Gasteiger partial charge in [0, 0.05) is 68.2 Å². The van der Waals surface area contributed by atoms with Gasteiger partial charge in [0.15, 0.2) is 0 Å². The van der Waals surface area contributed by atoms with Crippen LogP contribution in [0, 0.1) is 0 Å². The molecule has 202 valence electrons. The molecule has 0 aliphatic rings. The van der Waals surface area contributed by atoms with Gasteiger partial charge in [-0.3, -0.25) is 0 Å². The molecule has 9 nitrogen and oxygen atoms in total. The van der Waals surface area contributed by atoms with Crippen molar-refractivity contribution in [3.05, 3.63) is 54.4 Å². The molecule has 38 heavy (non-hydrogen) atoms. The Labute approximate surface area is 225 Å². The van der Waals surface area contributed by atoms with Crippen molar-refractivity contribution < 1.29 is 4.74 Å². The van der Waals surface area contributed by atoms with Gasteiger partial charge in [0.25, 0.3) is 0 Å². The molecule has 0 unspecified atom stereocenters. The average molecular weight is 517 g/mol. The van der Waals surface area contributed by atoms with E-state index in [1.54, 1.807) is 7.11 Å². The summed E-state index contributed by atoms with van der Waals surface area (Å²) < 4.78 is 8.01. The highest BCUT2D eigenvalue weighted by Gasteiger charge is 2.17. The van der Waals surface area contributed by atoms with Gasteiger partial charge in [-0.25, -0.2) is 9.97 Å². The Hall–Kier alpha value is -3.82. The normalized spacial score (nSPS) is 11.3. The molecule has 2 aromatic carbocycles. The number of aromatic nitrogens is 3.